The van der Waals surface area contributed by atoms with E-state index in [1.54, 1.807) is 0 Å². The molecule has 2 aromatic rings. The summed E-state index contributed by atoms with van der Waals surface area (Å²) < 4.78 is 1.32. The fourth-order valence-corrected chi connectivity index (χ4v) is 1.83. The Morgan fingerprint density at radius 2 is 1.88 bits per heavy atom. The van der Waals surface area contributed by atoms with Gasteiger partial charge in [0.15, 0.2) is 0 Å². The highest BCUT2D eigenvalue weighted by atomic mass is 35.5. The molecule has 0 radical (unpaired) electrons. The van der Waals surface area contributed by atoms with Crippen LogP contribution < -0.4 is 5.56 Å². The smallest absolute Gasteiger partial charge is 0.266 e. The van der Waals surface area contributed by atoms with E-state index >= 15 is 0 Å². The van der Waals surface area contributed by atoms with Crippen molar-refractivity contribution < 1.29 is 0 Å². The van der Waals surface area contributed by atoms with Gasteiger partial charge in [0.2, 0.25) is 0 Å². The molecule has 88 valence electrons. The Kier molecular flexibility index (Phi) is 3.50. The molecule has 0 fully saturated rings. The number of benzene rings is 1. The van der Waals surface area contributed by atoms with Crippen LogP contribution in [0.15, 0.2) is 41.3 Å². The van der Waals surface area contributed by atoms with Crippen LogP contribution in [0.4, 0.5) is 0 Å². The van der Waals surface area contributed by atoms with Gasteiger partial charge in [0, 0.05) is 0 Å². The first-order valence-corrected chi connectivity index (χ1v) is 5.84. The first-order valence-electron chi connectivity index (χ1n) is 5.09. The van der Waals surface area contributed by atoms with Crippen LogP contribution in [0.3, 0.4) is 0 Å². The highest BCUT2D eigenvalue weighted by molar-refractivity contribution is 6.41. The summed E-state index contributed by atoms with van der Waals surface area (Å²) in [5.74, 6) is 0. The molecule has 3 nitrogen and oxygen atoms in total. The minimum Gasteiger partial charge on any atom is -0.266 e. The normalized spacial score (nSPS) is 12.4. The second kappa shape index (κ2) is 4.90. The lowest BCUT2D eigenvalue weighted by Crippen LogP contribution is -2.26. The Labute approximate surface area is 109 Å². The number of hydrogen-bond donors (Lipinski definition) is 0. The molecule has 0 aliphatic heterocycles. The number of hydrogen-bond acceptors (Lipinski definition) is 2. The largest absolute Gasteiger partial charge is 0.287 e. The van der Waals surface area contributed by atoms with E-state index in [-0.39, 0.29) is 21.6 Å². The van der Waals surface area contributed by atoms with E-state index in [0.717, 1.165) is 5.56 Å². The molecule has 0 saturated carbocycles. The summed E-state index contributed by atoms with van der Waals surface area (Å²) in [6.45, 7) is 1.88. The van der Waals surface area contributed by atoms with Crippen LogP contribution in [0.2, 0.25) is 10.0 Å². The molecule has 0 amide bonds. The van der Waals surface area contributed by atoms with Crippen molar-refractivity contribution in [2.75, 3.05) is 0 Å². The van der Waals surface area contributed by atoms with Crippen molar-refractivity contribution in [1.29, 1.82) is 0 Å². The average molecular weight is 269 g/mol. The van der Waals surface area contributed by atoms with Gasteiger partial charge >= 0.3 is 0 Å². The summed E-state index contributed by atoms with van der Waals surface area (Å²) in [7, 11) is 0. The molecule has 17 heavy (non-hydrogen) atoms. The zero-order chi connectivity index (χ0) is 12.4. The standard InChI is InChI=1S/C12H10Cl2N2O/c1-8(9-5-3-2-4-6-9)16-12(17)11(14)10(13)7-15-16/h2-8H,1H3/t8-/m1/s1. The fraction of sp³-hybridized carbons (Fsp3) is 0.167. The van der Waals surface area contributed by atoms with Gasteiger partial charge < -0.3 is 0 Å². The Morgan fingerprint density at radius 1 is 1.24 bits per heavy atom. The molecule has 2 rings (SSSR count). The van der Waals surface area contributed by atoms with Crippen molar-refractivity contribution in [2.24, 2.45) is 0 Å². The van der Waals surface area contributed by atoms with Gasteiger partial charge in [-0.3, -0.25) is 4.79 Å². The van der Waals surface area contributed by atoms with E-state index in [1.807, 2.05) is 37.3 Å². The molecular weight excluding hydrogens is 259 g/mol. The van der Waals surface area contributed by atoms with Crippen LogP contribution in [0.5, 0.6) is 0 Å². The summed E-state index contributed by atoms with van der Waals surface area (Å²) in [5, 5.41) is 4.18. The highest BCUT2D eigenvalue weighted by Gasteiger charge is 2.13. The van der Waals surface area contributed by atoms with Gasteiger partial charge in [-0.2, -0.15) is 5.10 Å². The summed E-state index contributed by atoms with van der Waals surface area (Å²) in [6, 6.07) is 9.42. The Morgan fingerprint density at radius 3 is 2.53 bits per heavy atom. The number of aromatic nitrogens is 2. The Balaban J connectivity index is 2.49. The lowest BCUT2D eigenvalue weighted by Gasteiger charge is -2.14. The Hall–Kier alpha value is -1.32. The van der Waals surface area contributed by atoms with Crippen molar-refractivity contribution in [3.63, 3.8) is 0 Å². The van der Waals surface area contributed by atoms with Gasteiger partial charge in [0.1, 0.15) is 5.02 Å². The molecule has 0 N–H and O–H groups in total. The van der Waals surface area contributed by atoms with Gasteiger partial charge in [-0.1, -0.05) is 53.5 Å². The zero-order valence-electron chi connectivity index (χ0n) is 9.10. The number of nitrogens with zero attached hydrogens (tertiary/aromatic N) is 2. The monoisotopic (exact) mass is 268 g/mol. The number of rotatable bonds is 2. The fourth-order valence-electron chi connectivity index (χ4n) is 1.57. The third kappa shape index (κ3) is 2.35. The summed E-state index contributed by atoms with van der Waals surface area (Å²) in [5.41, 5.74) is 0.607. The van der Waals surface area contributed by atoms with Gasteiger partial charge in [-0.15, -0.1) is 0 Å². The van der Waals surface area contributed by atoms with E-state index in [0.29, 0.717) is 0 Å². The van der Waals surface area contributed by atoms with E-state index < -0.39 is 0 Å². The van der Waals surface area contributed by atoms with E-state index in [2.05, 4.69) is 5.10 Å². The van der Waals surface area contributed by atoms with E-state index in [4.69, 9.17) is 23.2 Å². The third-order valence-corrected chi connectivity index (χ3v) is 3.30. The van der Waals surface area contributed by atoms with Crippen LogP contribution in [-0.2, 0) is 0 Å². The van der Waals surface area contributed by atoms with Crippen molar-refractivity contribution in [3.05, 3.63) is 62.5 Å². The number of halogens is 2. The van der Waals surface area contributed by atoms with Crippen molar-refractivity contribution >= 4 is 23.2 Å². The van der Waals surface area contributed by atoms with Crippen molar-refractivity contribution in [1.82, 2.24) is 9.78 Å². The molecular formula is C12H10Cl2N2O. The molecule has 0 aliphatic rings. The van der Waals surface area contributed by atoms with Crippen LogP contribution in [0.25, 0.3) is 0 Å². The summed E-state index contributed by atoms with van der Waals surface area (Å²) >= 11 is 11.5. The molecule has 0 unspecified atom stereocenters. The molecule has 0 saturated heterocycles. The molecule has 1 aromatic carbocycles. The van der Waals surface area contributed by atoms with Crippen molar-refractivity contribution in [2.45, 2.75) is 13.0 Å². The predicted octanol–water partition coefficient (Wildman–Crippen LogP) is 3.16. The highest BCUT2D eigenvalue weighted by Crippen LogP contribution is 2.19. The Bertz CT molecular complexity index is 581. The van der Waals surface area contributed by atoms with Gasteiger partial charge in [0.25, 0.3) is 5.56 Å². The molecule has 0 bridgehead atoms. The zero-order valence-corrected chi connectivity index (χ0v) is 10.6. The quantitative estimate of drug-likeness (QED) is 0.839. The lowest BCUT2D eigenvalue weighted by atomic mass is 10.1. The molecule has 5 heteroatoms. The molecule has 0 aliphatic carbocycles. The van der Waals surface area contributed by atoms with Crippen LogP contribution in [0, 0.1) is 0 Å². The summed E-state index contributed by atoms with van der Waals surface area (Å²) in [6.07, 6.45) is 1.38. The first-order chi connectivity index (χ1) is 8.11. The maximum Gasteiger partial charge on any atom is 0.287 e. The van der Waals surface area contributed by atoms with Crippen LogP contribution >= 0.6 is 23.2 Å². The minimum absolute atomic E-state index is 0.00412. The predicted molar refractivity (Wildman–Crippen MR) is 68.8 cm³/mol. The van der Waals surface area contributed by atoms with Gasteiger partial charge in [-0.05, 0) is 12.5 Å². The molecule has 1 atom stereocenters. The lowest BCUT2D eigenvalue weighted by molar-refractivity contribution is 0.532. The maximum atomic E-state index is 11.9. The topological polar surface area (TPSA) is 34.9 Å². The third-order valence-electron chi connectivity index (χ3n) is 2.55. The molecule has 0 spiro atoms. The molecule has 1 aromatic heterocycles. The average Bonchev–Trinajstić information content (AvgIpc) is 2.36. The van der Waals surface area contributed by atoms with Crippen molar-refractivity contribution in [3.8, 4) is 0 Å². The second-order valence-electron chi connectivity index (χ2n) is 3.64. The maximum absolute atomic E-state index is 11.9. The first kappa shape index (κ1) is 12.1. The van der Waals surface area contributed by atoms with Crippen LogP contribution in [0.1, 0.15) is 18.5 Å². The van der Waals surface area contributed by atoms with E-state index in [9.17, 15) is 4.79 Å². The minimum atomic E-state index is -0.379. The SMILES string of the molecule is C[C@H](c1ccccc1)n1ncc(Cl)c(Cl)c1=O. The van der Waals surface area contributed by atoms with E-state index in [1.165, 1.54) is 10.9 Å². The molecule has 1 heterocycles. The van der Waals surface area contributed by atoms with Gasteiger partial charge in [0.05, 0.1) is 17.3 Å². The van der Waals surface area contributed by atoms with Crippen LogP contribution in [-0.4, -0.2) is 9.78 Å². The van der Waals surface area contributed by atoms with Gasteiger partial charge in [-0.25, -0.2) is 4.68 Å². The summed E-state index contributed by atoms with van der Waals surface area (Å²) in [4.78, 5) is 11.9. The second-order valence-corrected chi connectivity index (χ2v) is 4.43.